The van der Waals surface area contributed by atoms with Crippen molar-refractivity contribution in [2.45, 2.75) is 19.8 Å². The van der Waals surface area contributed by atoms with Crippen molar-refractivity contribution < 1.29 is 9.90 Å². The highest BCUT2D eigenvalue weighted by Crippen LogP contribution is 2.23. The number of aryl methyl sites for hydroxylation is 1. The van der Waals surface area contributed by atoms with Gasteiger partial charge in [-0.05, 0) is 24.6 Å². The molecule has 0 amide bonds. The Kier molecular flexibility index (Phi) is 3.99. The quantitative estimate of drug-likeness (QED) is 0.935. The van der Waals surface area contributed by atoms with Crippen molar-refractivity contribution in [1.29, 1.82) is 0 Å². The van der Waals surface area contributed by atoms with E-state index in [0.29, 0.717) is 10.0 Å². The standard InChI is InChI=1S/C13H12ClNO2S/c1-8-11(18-12(15-8)7-13(16)17)6-9-3-2-4-10(14)5-9/h2-5H,6-7H2,1H3,(H,16,17). The Hall–Kier alpha value is -1.39. The average Bonchev–Trinajstić information content (AvgIpc) is 2.58. The van der Waals surface area contributed by atoms with Gasteiger partial charge in [0, 0.05) is 16.3 Å². The molecule has 0 saturated carbocycles. The first kappa shape index (κ1) is 13.1. The summed E-state index contributed by atoms with van der Waals surface area (Å²) in [6.07, 6.45) is 0.727. The fourth-order valence-electron chi connectivity index (χ4n) is 1.69. The second kappa shape index (κ2) is 5.50. The van der Waals surface area contributed by atoms with E-state index >= 15 is 0 Å². The Balaban J connectivity index is 2.19. The van der Waals surface area contributed by atoms with E-state index in [2.05, 4.69) is 4.98 Å². The lowest BCUT2D eigenvalue weighted by atomic mass is 10.1. The minimum Gasteiger partial charge on any atom is -0.481 e. The van der Waals surface area contributed by atoms with Crippen molar-refractivity contribution in [1.82, 2.24) is 4.98 Å². The Morgan fingerprint density at radius 2 is 2.28 bits per heavy atom. The number of carboxylic acids is 1. The Morgan fingerprint density at radius 1 is 1.50 bits per heavy atom. The van der Waals surface area contributed by atoms with E-state index in [-0.39, 0.29) is 6.42 Å². The van der Waals surface area contributed by atoms with E-state index < -0.39 is 5.97 Å². The molecule has 0 aliphatic heterocycles. The van der Waals surface area contributed by atoms with Gasteiger partial charge in [-0.1, -0.05) is 23.7 Å². The molecule has 1 aromatic carbocycles. The van der Waals surface area contributed by atoms with Crippen LogP contribution in [0.1, 0.15) is 21.1 Å². The fraction of sp³-hybridized carbons (Fsp3) is 0.231. The van der Waals surface area contributed by atoms with Crippen molar-refractivity contribution in [3.63, 3.8) is 0 Å². The topological polar surface area (TPSA) is 50.2 Å². The molecule has 3 nitrogen and oxygen atoms in total. The maximum absolute atomic E-state index is 10.6. The fourth-order valence-corrected chi connectivity index (χ4v) is 3.00. The van der Waals surface area contributed by atoms with Gasteiger partial charge >= 0.3 is 5.97 Å². The summed E-state index contributed by atoms with van der Waals surface area (Å²) in [4.78, 5) is 16.0. The highest BCUT2D eigenvalue weighted by atomic mass is 35.5. The number of carbonyl (C=O) groups is 1. The van der Waals surface area contributed by atoms with Gasteiger partial charge in [0.05, 0.1) is 12.1 Å². The lowest BCUT2D eigenvalue weighted by molar-refractivity contribution is -0.136. The number of carboxylic acid groups (broad SMARTS) is 1. The van der Waals surface area contributed by atoms with Crippen molar-refractivity contribution in [2.24, 2.45) is 0 Å². The van der Waals surface area contributed by atoms with Crippen LogP contribution in [0.5, 0.6) is 0 Å². The number of aromatic nitrogens is 1. The molecule has 2 rings (SSSR count). The number of rotatable bonds is 4. The smallest absolute Gasteiger partial charge is 0.310 e. The van der Waals surface area contributed by atoms with Gasteiger partial charge in [0.2, 0.25) is 0 Å². The third-order valence-electron chi connectivity index (χ3n) is 2.49. The van der Waals surface area contributed by atoms with Crippen LogP contribution in [0.3, 0.4) is 0 Å². The monoisotopic (exact) mass is 281 g/mol. The van der Waals surface area contributed by atoms with Crippen LogP contribution in [-0.4, -0.2) is 16.1 Å². The molecule has 5 heteroatoms. The molecule has 0 unspecified atom stereocenters. The first-order valence-electron chi connectivity index (χ1n) is 5.46. The predicted molar refractivity (Wildman–Crippen MR) is 72.4 cm³/mol. The summed E-state index contributed by atoms with van der Waals surface area (Å²) in [6.45, 7) is 1.90. The second-order valence-electron chi connectivity index (χ2n) is 3.99. The molecule has 0 aliphatic carbocycles. The van der Waals surface area contributed by atoms with Crippen molar-refractivity contribution in [2.75, 3.05) is 0 Å². The van der Waals surface area contributed by atoms with Crippen LogP contribution in [0.4, 0.5) is 0 Å². The number of nitrogens with zero attached hydrogens (tertiary/aromatic N) is 1. The third-order valence-corrected chi connectivity index (χ3v) is 3.89. The van der Waals surface area contributed by atoms with Crippen LogP contribution in [0.25, 0.3) is 0 Å². The van der Waals surface area contributed by atoms with Gasteiger partial charge in [-0.3, -0.25) is 4.79 Å². The van der Waals surface area contributed by atoms with Crippen molar-refractivity contribution in [3.05, 3.63) is 50.4 Å². The van der Waals surface area contributed by atoms with Crippen LogP contribution in [0.2, 0.25) is 5.02 Å². The summed E-state index contributed by atoms with van der Waals surface area (Å²) < 4.78 is 0. The summed E-state index contributed by atoms with van der Waals surface area (Å²) in [5.41, 5.74) is 2.01. The van der Waals surface area contributed by atoms with E-state index in [1.807, 2.05) is 31.2 Å². The molecule has 0 aliphatic rings. The molecule has 0 saturated heterocycles. The zero-order chi connectivity index (χ0) is 13.1. The summed E-state index contributed by atoms with van der Waals surface area (Å²) in [7, 11) is 0. The van der Waals surface area contributed by atoms with Gasteiger partial charge in [0.1, 0.15) is 5.01 Å². The molecule has 0 radical (unpaired) electrons. The minimum absolute atomic E-state index is 0.0128. The lowest BCUT2D eigenvalue weighted by Gasteiger charge is -2.00. The summed E-state index contributed by atoms with van der Waals surface area (Å²) in [6, 6.07) is 7.66. The van der Waals surface area contributed by atoms with E-state index in [1.54, 1.807) is 0 Å². The van der Waals surface area contributed by atoms with Crippen LogP contribution < -0.4 is 0 Å². The minimum atomic E-state index is -0.849. The maximum atomic E-state index is 10.6. The van der Waals surface area contributed by atoms with Crippen LogP contribution in [-0.2, 0) is 17.6 Å². The SMILES string of the molecule is Cc1nc(CC(=O)O)sc1Cc1cccc(Cl)c1. The molecular weight excluding hydrogens is 270 g/mol. The highest BCUT2D eigenvalue weighted by Gasteiger charge is 2.11. The maximum Gasteiger partial charge on any atom is 0.310 e. The van der Waals surface area contributed by atoms with E-state index in [0.717, 1.165) is 22.6 Å². The van der Waals surface area contributed by atoms with Gasteiger partial charge in [0.15, 0.2) is 0 Å². The first-order valence-corrected chi connectivity index (χ1v) is 6.65. The van der Waals surface area contributed by atoms with E-state index in [9.17, 15) is 4.79 Å². The molecule has 0 fully saturated rings. The van der Waals surface area contributed by atoms with Gasteiger partial charge in [-0.2, -0.15) is 0 Å². The summed E-state index contributed by atoms with van der Waals surface area (Å²) >= 11 is 7.39. The molecule has 0 bridgehead atoms. The Morgan fingerprint density at radius 3 is 2.94 bits per heavy atom. The largest absolute Gasteiger partial charge is 0.481 e. The molecular formula is C13H12ClNO2S. The molecule has 2 aromatic rings. The van der Waals surface area contributed by atoms with Gasteiger partial charge < -0.3 is 5.11 Å². The molecule has 0 atom stereocenters. The predicted octanol–water partition coefficient (Wildman–Crippen LogP) is 3.32. The van der Waals surface area contributed by atoms with Gasteiger partial charge in [-0.15, -0.1) is 11.3 Å². The molecule has 1 N–H and O–H groups in total. The zero-order valence-electron chi connectivity index (χ0n) is 9.81. The second-order valence-corrected chi connectivity index (χ2v) is 5.60. The zero-order valence-corrected chi connectivity index (χ0v) is 11.4. The number of halogens is 1. The summed E-state index contributed by atoms with van der Waals surface area (Å²) in [5, 5.41) is 10.1. The van der Waals surface area contributed by atoms with Crippen LogP contribution in [0.15, 0.2) is 24.3 Å². The number of hydrogen-bond donors (Lipinski definition) is 1. The number of benzene rings is 1. The highest BCUT2D eigenvalue weighted by molar-refractivity contribution is 7.11. The average molecular weight is 282 g/mol. The van der Waals surface area contributed by atoms with Crippen LogP contribution >= 0.6 is 22.9 Å². The molecule has 18 heavy (non-hydrogen) atoms. The third kappa shape index (κ3) is 3.31. The van der Waals surface area contributed by atoms with Crippen molar-refractivity contribution >= 4 is 28.9 Å². The Labute approximate surface area is 114 Å². The summed E-state index contributed by atoms with van der Waals surface area (Å²) in [5.74, 6) is -0.849. The number of hydrogen-bond acceptors (Lipinski definition) is 3. The first-order chi connectivity index (χ1) is 8.54. The molecule has 1 aromatic heterocycles. The molecule has 0 spiro atoms. The van der Waals surface area contributed by atoms with E-state index in [1.165, 1.54) is 11.3 Å². The van der Waals surface area contributed by atoms with Gasteiger partial charge in [0.25, 0.3) is 0 Å². The van der Waals surface area contributed by atoms with E-state index in [4.69, 9.17) is 16.7 Å². The molecule has 94 valence electrons. The normalized spacial score (nSPS) is 10.6. The number of thiazole rings is 1. The molecule has 1 heterocycles. The Bertz CT molecular complexity index is 580. The van der Waals surface area contributed by atoms with Gasteiger partial charge in [-0.25, -0.2) is 4.98 Å². The van der Waals surface area contributed by atoms with Crippen LogP contribution in [0, 0.1) is 6.92 Å². The number of aliphatic carboxylic acids is 1. The lowest BCUT2D eigenvalue weighted by Crippen LogP contribution is -1.98. The van der Waals surface area contributed by atoms with Crippen molar-refractivity contribution in [3.8, 4) is 0 Å².